The minimum absolute atomic E-state index is 0.122. The minimum Gasteiger partial charge on any atom is -0.368 e. The summed E-state index contributed by atoms with van der Waals surface area (Å²) in [6.07, 6.45) is -3.05. The first-order valence-electron chi connectivity index (χ1n) is 6.07. The normalized spacial score (nSPS) is 11.9. The van der Waals surface area contributed by atoms with E-state index in [0.29, 0.717) is 17.6 Å². The van der Waals surface area contributed by atoms with Crippen LogP contribution >= 0.6 is 15.9 Å². The summed E-state index contributed by atoms with van der Waals surface area (Å²) in [5.74, 6) is -0.122. The maximum Gasteiger partial charge on any atom is 0.419 e. The molecule has 0 aromatic carbocycles. The highest BCUT2D eigenvalue weighted by molar-refractivity contribution is 9.10. The van der Waals surface area contributed by atoms with Crippen LogP contribution in [0.25, 0.3) is 0 Å². The van der Waals surface area contributed by atoms with Crippen molar-refractivity contribution in [2.45, 2.75) is 20.0 Å². The summed E-state index contributed by atoms with van der Waals surface area (Å²) < 4.78 is 38.8. The predicted molar refractivity (Wildman–Crippen MR) is 73.2 cm³/mol. The Balaban J connectivity index is 2.73. The molecule has 0 saturated carbocycles. The van der Waals surface area contributed by atoms with Crippen LogP contribution in [0, 0.1) is 0 Å². The van der Waals surface area contributed by atoms with E-state index in [-0.39, 0.29) is 5.82 Å². The summed E-state index contributed by atoms with van der Waals surface area (Å²) in [6, 6.07) is 1.03. The van der Waals surface area contributed by atoms with Crippen molar-refractivity contribution in [3.8, 4) is 0 Å². The van der Waals surface area contributed by atoms with Crippen LogP contribution in [-0.4, -0.2) is 36.1 Å². The summed E-state index contributed by atoms with van der Waals surface area (Å²) >= 11 is 3.00. The third-order valence-electron chi connectivity index (χ3n) is 2.77. The van der Waals surface area contributed by atoms with Gasteiger partial charge in [0, 0.05) is 23.8 Å². The van der Waals surface area contributed by atoms with Crippen LogP contribution in [0.2, 0.25) is 0 Å². The van der Waals surface area contributed by atoms with Crippen LogP contribution in [0.1, 0.15) is 19.4 Å². The van der Waals surface area contributed by atoms with Gasteiger partial charge in [-0.25, -0.2) is 4.98 Å². The summed E-state index contributed by atoms with van der Waals surface area (Å²) in [5, 5.41) is 2.75. The topological polar surface area (TPSA) is 28.2 Å². The van der Waals surface area contributed by atoms with Crippen molar-refractivity contribution in [1.29, 1.82) is 0 Å². The lowest BCUT2D eigenvalue weighted by Gasteiger charge is -2.19. The molecule has 0 aliphatic rings. The van der Waals surface area contributed by atoms with Crippen molar-refractivity contribution in [3.63, 3.8) is 0 Å². The zero-order valence-corrected chi connectivity index (χ0v) is 12.5. The number of hydrogen-bond donors (Lipinski definition) is 1. The second-order valence-electron chi connectivity index (χ2n) is 4.00. The van der Waals surface area contributed by atoms with Crippen LogP contribution in [0.3, 0.4) is 0 Å². The van der Waals surface area contributed by atoms with Crippen molar-refractivity contribution in [2.75, 3.05) is 31.5 Å². The van der Waals surface area contributed by atoms with E-state index in [4.69, 9.17) is 0 Å². The van der Waals surface area contributed by atoms with E-state index in [1.807, 2.05) is 13.8 Å². The Morgan fingerprint density at radius 2 is 1.95 bits per heavy atom. The zero-order chi connectivity index (χ0) is 14.5. The van der Waals surface area contributed by atoms with Gasteiger partial charge in [-0.2, -0.15) is 13.2 Å². The van der Waals surface area contributed by atoms with Crippen molar-refractivity contribution in [3.05, 3.63) is 22.3 Å². The number of hydrogen-bond acceptors (Lipinski definition) is 3. The second kappa shape index (κ2) is 7.09. The number of pyridine rings is 1. The minimum atomic E-state index is -4.41. The van der Waals surface area contributed by atoms with Crippen LogP contribution in [0.5, 0.6) is 0 Å². The van der Waals surface area contributed by atoms with E-state index in [1.165, 1.54) is 6.20 Å². The van der Waals surface area contributed by atoms with Crippen LogP contribution < -0.4 is 5.32 Å². The summed E-state index contributed by atoms with van der Waals surface area (Å²) in [5.41, 5.74) is -0.749. The number of anilines is 1. The Bertz CT molecular complexity index is 406. The first-order valence-corrected chi connectivity index (χ1v) is 6.86. The molecule has 0 saturated heterocycles. The monoisotopic (exact) mass is 339 g/mol. The predicted octanol–water partition coefficient (Wildman–Crippen LogP) is 3.62. The molecule has 3 nitrogen and oxygen atoms in total. The molecule has 7 heteroatoms. The molecule has 1 rings (SSSR count). The van der Waals surface area contributed by atoms with E-state index in [9.17, 15) is 13.2 Å². The largest absolute Gasteiger partial charge is 0.419 e. The van der Waals surface area contributed by atoms with Gasteiger partial charge in [0.25, 0.3) is 0 Å². The molecule has 1 aromatic rings. The maximum atomic E-state index is 12.8. The highest BCUT2D eigenvalue weighted by Gasteiger charge is 2.34. The van der Waals surface area contributed by atoms with E-state index >= 15 is 0 Å². The lowest BCUT2D eigenvalue weighted by molar-refractivity contribution is -0.137. The molecule has 0 radical (unpaired) electrons. The Hall–Kier alpha value is -0.820. The standard InChI is InChI=1S/C12H17BrF3N3/c1-3-19(4-2)6-5-17-11-10(12(14,15)16)7-9(13)8-18-11/h7-8H,3-6H2,1-2H3,(H,17,18). The zero-order valence-electron chi connectivity index (χ0n) is 10.9. The molecule has 0 bridgehead atoms. The number of rotatable bonds is 6. The van der Waals surface area contributed by atoms with Gasteiger partial charge in [-0.3, -0.25) is 0 Å². The first-order chi connectivity index (χ1) is 8.88. The van der Waals surface area contributed by atoms with Gasteiger partial charge in [0.1, 0.15) is 5.82 Å². The van der Waals surface area contributed by atoms with E-state index in [1.54, 1.807) is 0 Å². The molecular formula is C12H17BrF3N3. The van der Waals surface area contributed by atoms with Gasteiger partial charge in [0.2, 0.25) is 0 Å². The van der Waals surface area contributed by atoms with Crippen LogP contribution in [-0.2, 0) is 6.18 Å². The molecule has 19 heavy (non-hydrogen) atoms. The molecule has 0 unspecified atom stereocenters. The molecule has 0 aliphatic carbocycles. The van der Waals surface area contributed by atoms with Gasteiger partial charge in [-0.1, -0.05) is 13.8 Å². The van der Waals surface area contributed by atoms with Crippen molar-refractivity contribution < 1.29 is 13.2 Å². The fraction of sp³-hybridized carbons (Fsp3) is 0.583. The molecule has 1 heterocycles. The third-order valence-corrected chi connectivity index (χ3v) is 3.21. The maximum absolute atomic E-state index is 12.8. The smallest absolute Gasteiger partial charge is 0.368 e. The highest BCUT2D eigenvalue weighted by atomic mass is 79.9. The van der Waals surface area contributed by atoms with Crippen LogP contribution in [0.4, 0.5) is 19.0 Å². The molecular weight excluding hydrogens is 323 g/mol. The first kappa shape index (κ1) is 16.2. The highest BCUT2D eigenvalue weighted by Crippen LogP contribution is 2.35. The Labute approximate surface area is 119 Å². The Kier molecular flexibility index (Phi) is 6.06. The lowest BCUT2D eigenvalue weighted by atomic mass is 10.2. The average molecular weight is 340 g/mol. The number of aromatic nitrogens is 1. The van der Waals surface area contributed by atoms with Gasteiger partial charge in [-0.05, 0) is 35.1 Å². The van der Waals surface area contributed by atoms with Crippen molar-refractivity contribution >= 4 is 21.7 Å². The fourth-order valence-corrected chi connectivity index (χ4v) is 2.00. The Morgan fingerprint density at radius 3 is 2.47 bits per heavy atom. The van der Waals surface area contributed by atoms with Crippen LogP contribution in [0.15, 0.2) is 16.7 Å². The van der Waals surface area contributed by atoms with E-state index in [0.717, 1.165) is 19.2 Å². The molecule has 1 N–H and O–H groups in total. The summed E-state index contributed by atoms with van der Waals surface area (Å²) in [7, 11) is 0. The molecule has 0 spiro atoms. The molecule has 108 valence electrons. The fourth-order valence-electron chi connectivity index (χ4n) is 1.67. The van der Waals surface area contributed by atoms with Gasteiger partial charge in [0.05, 0.1) is 5.56 Å². The van der Waals surface area contributed by atoms with E-state index in [2.05, 4.69) is 31.1 Å². The number of halogens is 4. The number of likely N-dealkylation sites (N-methyl/N-ethyl adjacent to an activating group) is 1. The van der Waals surface area contributed by atoms with Crippen molar-refractivity contribution in [2.24, 2.45) is 0 Å². The molecule has 0 fully saturated rings. The molecule has 0 aliphatic heterocycles. The van der Waals surface area contributed by atoms with Gasteiger partial charge < -0.3 is 10.2 Å². The second-order valence-corrected chi connectivity index (χ2v) is 4.92. The van der Waals surface area contributed by atoms with Gasteiger partial charge in [-0.15, -0.1) is 0 Å². The summed E-state index contributed by atoms with van der Waals surface area (Å²) in [4.78, 5) is 5.92. The van der Waals surface area contributed by atoms with E-state index < -0.39 is 11.7 Å². The molecule has 0 atom stereocenters. The Morgan fingerprint density at radius 1 is 1.32 bits per heavy atom. The molecule has 0 amide bonds. The van der Waals surface area contributed by atoms with Gasteiger partial charge >= 0.3 is 6.18 Å². The van der Waals surface area contributed by atoms with Gasteiger partial charge in [0.15, 0.2) is 0 Å². The average Bonchev–Trinajstić information content (AvgIpc) is 2.35. The van der Waals surface area contributed by atoms with Crippen molar-refractivity contribution in [1.82, 2.24) is 9.88 Å². The number of alkyl halides is 3. The quantitative estimate of drug-likeness (QED) is 0.857. The number of nitrogens with zero attached hydrogens (tertiary/aromatic N) is 2. The summed E-state index contributed by atoms with van der Waals surface area (Å²) in [6.45, 7) is 6.89. The lowest BCUT2D eigenvalue weighted by Crippen LogP contribution is -2.29. The molecule has 1 aromatic heterocycles. The SMILES string of the molecule is CCN(CC)CCNc1ncc(Br)cc1C(F)(F)F. The number of nitrogens with one attached hydrogen (secondary N) is 1. The third kappa shape index (κ3) is 4.99.